The van der Waals surface area contributed by atoms with Crippen molar-refractivity contribution in [2.24, 2.45) is 0 Å². The molecule has 1 aliphatic heterocycles. The molecule has 0 saturated carbocycles. The lowest BCUT2D eigenvalue weighted by Gasteiger charge is -2.20. The van der Waals surface area contributed by atoms with Gasteiger partial charge in [-0.3, -0.25) is 4.79 Å². The van der Waals surface area contributed by atoms with Crippen molar-refractivity contribution in [2.75, 3.05) is 18.4 Å². The molecule has 31 heavy (non-hydrogen) atoms. The molecule has 0 aromatic heterocycles. The number of carbonyl (C=O) groups excluding carboxylic acids is 1. The highest BCUT2D eigenvalue weighted by Gasteiger charge is 2.32. The van der Waals surface area contributed by atoms with Crippen LogP contribution in [0.25, 0.3) is 0 Å². The molecular formula is C20H19ClF4N2O3S. The Labute approximate surface area is 182 Å². The molecule has 1 aliphatic rings. The first-order chi connectivity index (χ1) is 14.5. The largest absolute Gasteiger partial charge is 0.416 e. The summed E-state index contributed by atoms with van der Waals surface area (Å²) in [6.07, 6.45) is -1.61. The fraction of sp³-hybridized carbons (Fsp3) is 0.350. The summed E-state index contributed by atoms with van der Waals surface area (Å²) in [5.74, 6) is -1.94. The van der Waals surface area contributed by atoms with Crippen molar-refractivity contribution < 1.29 is 30.8 Å². The second-order valence-electron chi connectivity index (χ2n) is 7.11. The molecule has 2 aromatic carbocycles. The van der Waals surface area contributed by atoms with Crippen LogP contribution in [-0.2, 0) is 16.2 Å². The minimum Gasteiger partial charge on any atom is -0.321 e. The van der Waals surface area contributed by atoms with Gasteiger partial charge in [0.2, 0.25) is 10.0 Å². The molecule has 5 nitrogen and oxygen atoms in total. The zero-order chi connectivity index (χ0) is 22.8. The molecule has 2 aromatic rings. The summed E-state index contributed by atoms with van der Waals surface area (Å²) in [4.78, 5) is 11.9. The number of nitrogens with zero attached hydrogens (tertiary/aromatic N) is 1. The van der Waals surface area contributed by atoms with Crippen LogP contribution in [-0.4, -0.2) is 31.7 Å². The summed E-state index contributed by atoms with van der Waals surface area (Å²) >= 11 is 5.88. The van der Waals surface area contributed by atoms with Crippen LogP contribution in [0.15, 0.2) is 41.3 Å². The third-order valence-corrected chi connectivity index (χ3v) is 7.16. The molecule has 0 unspecified atom stereocenters. The fourth-order valence-electron chi connectivity index (χ4n) is 3.26. The molecule has 3 rings (SSSR count). The van der Waals surface area contributed by atoms with Crippen LogP contribution in [0.4, 0.5) is 23.2 Å². The quantitative estimate of drug-likeness (QED) is 0.605. The number of benzene rings is 2. The Hall–Kier alpha value is -2.17. The molecular weight excluding hydrogens is 460 g/mol. The van der Waals surface area contributed by atoms with E-state index in [0.29, 0.717) is 18.9 Å². The van der Waals surface area contributed by atoms with Gasteiger partial charge in [-0.05, 0) is 49.2 Å². The number of halogens is 5. The van der Waals surface area contributed by atoms with Crippen molar-refractivity contribution in [3.63, 3.8) is 0 Å². The minimum atomic E-state index is -4.64. The van der Waals surface area contributed by atoms with E-state index in [0.717, 1.165) is 43.2 Å². The molecule has 0 spiro atoms. The molecule has 1 amide bonds. The van der Waals surface area contributed by atoms with Crippen LogP contribution >= 0.6 is 11.6 Å². The van der Waals surface area contributed by atoms with E-state index < -0.39 is 38.4 Å². The molecule has 0 bridgehead atoms. The van der Waals surface area contributed by atoms with Crippen LogP contribution in [0, 0.1) is 5.82 Å². The van der Waals surface area contributed by atoms with Gasteiger partial charge in [0, 0.05) is 18.7 Å². The SMILES string of the molecule is O=C(Nc1cc(C(F)(F)F)ccc1Cl)c1ccc(F)c(S(=O)(=O)N2CCCCCC2)c1. The van der Waals surface area contributed by atoms with E-state index in [1.54, 1.807) is 0 Å². The smallest absolute Gasteiger partial charge is 0.321 e. The molecule has 1 N–H and O–H groups in total. The summed E-state index contributed by atoms with van der Waals surface area (Å²) in [6.45, 7) is 0.496. The Balaban J connectivity index is 1.90. The van der Waals surface area contributed by atoms with Gasteiger partial charge in [0.15, 0.2) is 0 Å². The second-order valence-corrected chi connectivity index (χ2v) is 9.42. The first-order valence-electron chi connectivity index (χ1n) is 9.48. The number of hydrogen-bond acceptors (Lipinski definition) is 3. The first kappa shape index (κ1) is 23.5. The Bertz CT molecular complexity index is 1080. The molecule has 1 saturated heterocycles. The van der Waals surface area contributed by atoms with Gasteiger partial charge < -0.3 is 5.32 Å². The van der Waals surface area contributed by atoms with Crippen molar-refractivity contribution in [2.45, 2.75) is 36.8 Å². The van der Waals surface area contributed by atoms with Crippen LogP contribution in [0.3, 0.4) is 0 Å². The van der Waals surface area contributed by atoms with Gasteiger partial charge in [0.25, 0.3) is 5.91 Å². The van der Waals surface area contributed by atoms with Gasteiger partial charge in [0.1, 0.15) is 10.7 Å². The van der Waals surface area contributed by atoms with Gasteiger partial charge in [-0.15, -0.1) is 0 Å². The molecule has 168 valence electrons. The predicted octanol–water partition coefficient (Wildman–Crippen LogP) is 5.31. The van der Waals surface area contributed by atoms with Crippen molar-refractivity contribution in [3.05, 3.63) is 58.4 Å². The Morgan fingerprint density at radius 3 is 2.26 bits per heavy atom. The summed E-state index contributed by atoms with van der Waals surface area (Å²) in [5.41, 5.74) is -1.55. The second kappa shape index (κ2) is 9.13. The van der Waals surface area contributed by atoms with Gasteiger partial charge in [-0.25, -0.2) is 12.8 Å². The number of hydrogen-bond donors (Lipinski definition) is 1. The Morgan fingerprint density at radius 1 is 1.00 bits per heavy atom. The fourth-order valence-corrected chi connectivity index (χ4v) is 5.03. The van der Waals surface area contributed by atoms with E-state index in [4.69, 9.17) is 11.6 Å². The number of alkyl halides is 3. The summed E-state index contributed by atoms with van der Waals surface area (Å²) in [7, 11) is -4.18. The molecule has 1 fully saturated rings. The average Bonchev–Trinajstić information content (AvgIpc) is 2.99. The maximum absolute atomic E-state index is 14.4. The van der Waals surface area contributed by atoms with Crippen LogP contribution in [0.5, 0.6) is 0 Å². The number of nitrogens with one attached hydrogen (secondary N) is 1. The van der Waals surface area contributed by atoms with E-state index in [2.05, 4.69) is 5.32 Å². The normalized spacial score (nSPS) is 16.0. The van der Waals surface area contributed by atoms with E-state index >= 15 is 0 Å². The van der Waals surface area contributed by atoms with E-state index in [1.807, 2.05) is 0 Å². The van der Waals surface area contributed by atoms with Crippen molar-refractivity contribution >= 4 is 33.2 Å². The van der Waals surface area contributed by atoms with Crippen molar-refractivity contribution in [1.82, 2.24) is 4.31 Å². The highest BCUT2D eigenvalue weighted by molar-refractivity contribution is 7.89. The molecule has 1 heterocycles. The van der Waals surface area contributed by atoms with E-state index in [1.165, 1.54) is 4.31 Å². The lowest BCUT2D eigenvalue weighted by Crippen LogP contribution is -2.32. The zero-order valence-electron chi connectivity index (χ0n) is 16.2. The van der Waals surface area contributed by atoms with Crippen LogP contribution in [0.1, 0.15) is 41.6 Å². The summed E-state index contributed by atoms with van der Waals surface area (Å²) < 4.78 is 80.2. The number of anilines is 1. The zero-order valence-corrected chi connectivity index (χ0v) is 17.7. The highest BCUT2D eigenvalue weighted by atomic mass is 35.5. The molecule has 0 atom stereocenters. The average molecular weight is 479 g/mol. The van der Waals surface area contributed by atoms with E-state index in [9.17, 15) is 30.8 Å². The van der Waals surface area contributed by atoms with Crippen molar-refractivity contribution in [1.29, 1.82) is 0 Å². The minimum absolute atomic E-state index is 0.138. The summed E-state index contributed by atoms with van der Waals surface area (Å²) in [6, 6.07) is 5.19. The number of carbonyl (C=O) groups is 1. The first-order valence-corrected chi connectivity index (χ1v) is 11.3. The van der Waals surface area contributed by atoms with Gasteiger partial charge in [0.05, 0.1) is 16.3 Å². The number of amides is 1. The topological polar surface area (TPSA) is 66.5 Å². The van der Waals surface area contributed by atoms with Gasteiger partial charge >= 0.3 is 6.18 Å². The third-order valence-electron chi connectivity index (χ3n) is 4.92. The maximum Gasteiger partial charge on any atom is 0.416 e. The monoisotopic (exact) mass is 478 g/mol. The lowest BCUT2D eigenvalue weighted by molar-refractivity contribution is -0.137. The van der Waals surface area contributed by atoms with Crippen molar-refractivity contribution in [3.8, 4) is 0 Å². The number of rotatable bonds is 4. The third kappa shape index (κ3) is 5.36. The molecule has 0 radical (unpaired) electrons. The van der Waals surface area contributed by atoms with Gasteiger partial charge in [-0.2, -0.15) is 17.5 Å². The van der Waals surface area contributed by atoms with Gasteiger partial charge in [-0.1, -0.05) is 24.4 Å². The molecule has 11 heteroatoms. The van der Waals surface area contributed by atoms with Crippen LogP contribution in [0.2, 0.25) is 5.02 Å². The highest BCUT2D eigenvalue weighted by Crippen LogP contribution is 2.34. The lowest BCUT2D eigenvalue weighted by atomic mass is 10.1. The Morgan fingerprint density at radius 2 is 1.65 bits per heavy atom. The standard InChI is InChI=1S/C20H19ClF4N2O3S/c21-15-7-6-14(20(23,24)25)12-17(15)26-19(28)13-5-8-16(22)18(11-13)31(29,30)27-9-3-1-2-4-10-27/h5-8,11-12H,1-4,9-10H2,(H,26,28). The number of sulfonamides is 1. The predicted molar refractivity (Wildman–Crippen MR) is 108 cm³/mol. The van der Waals surface area contributed by atoms with Crippen LogP contribution < -0.4 is 5.32 Å². The molecule has 0 aliphatic carbocycles. The maximum atomic E-state index is 14.4. The summed E-state index contributed by atoms with van der Waals surface area (Å²) in [5, 5.41) is 2.09. The van der Waals surface area contributed by atoms with E-state index in [-0.39, 0.29) is 29.4 Å². The Kier molecular flexibility index (Phi) is 6.92.